The third-order valence-corrected chi connectivity index (χ3v) is 4.60. The van der Waals surface area contributed by atoms with Gasteiger partial charge in [-0.2, -0.15) is 0 Å². The lowest BCUT2D eigenvalue weighted by molar-refractivity contribution is -0.134. The molecule has 0 saturated carbocycles. The van der Waals surface area contributed by atoms with Gasteiger partial charge in [0.1, 0.15) is 11.6 Å². The smallest absolute Gasteiger partial charge is 0.300 e. The number of aliphatic hydroxyl groups excluding tert-OH is 1. The number of rotatable bonds is 2. The van der Waals surface area contributed by atoms with Crippen molar-refractivity contribution in [1.29, 1.82) is 0 Å². The van der Waals surface area contributed by atoms with Crippen LogP contribution < -0.4 is 0 Å². The second-order valence-electron chi connectivity index (χ2n) is 6.43. The minimum absolute atomic E-state index is 0.00171. The summed E-state index contributed by atoms with van der Waals surface area (Å²) in [6.45, 7) is 3.04. The summed E-state index contributed by atoms with van der Waals surface area (Å²) in [6.07, 6.45) is 0.947. The molecule has 2 heterocycles. The Hall–Kier alpha value is -3.10. The zero-order chi connectivity index (χ0) is 22.0. The molecule has 6 nitrogen and oxygen atoms in total. The van der Waals surface area contributed by atoms with E-state index in [2.05, 4.69) is 9.98 Å². The average molecular weight is 434 g/mol. The van der Waals surface area contributed by atoms with Crippen molar-refractivity contribution < 1.29 is 23.8 Å². The molecule has 30 heavy (non-hydrogen) atoms. The number of carboxylic acid groups (broad SMARTS) is 1. The van der Waals surface area contributed by atoms with Gasteiger partial charge in [0.15, 0.2) is 5.82 Å². The maximum atomic E-state index is 14.4. The Morgan fingerprint density at radius 3 is 2.47 bits per heavy atom. The molecule has 0 bridgehead atoms. The first kappa shape index (κ1) is 21.6. The molecule has 2 aromatic carbocycles. The Bertz CT molecular complexity index is 1120. The molecule has 1 atom stereocenters. The molecule has 156 valence electrons. The predicted molar refractivity (Wildman–Crippen MR) is 108 cm³/mol. The number of halogens is 3. The van der Waals surface area contributed by atoms with Gasteiger partial charge in [0.05, 0.1) is 17.0 Å². The molecule has 1 aromatic heterocycles. The van der Waals surface area contributed by atoms with E-state index in [0.29, 0.717) is 22.7 Å². The van der Waals surface area contributed by atoms with Crippen LogP contribution in [0.3, 0.4) is 0 Å². The van der Waals surface area contributed by atoms with E-state index in [1.165, 1.54) is 6.07 Å². The third kappa shape index (κ3) is 4.10. The van der Waals surface area contributed by atoms with Crippen molar-refractivity contribution in [2.75, 3.05) is 0 Å². The van der Waals surface area contributed by atoms with E-state index in [1.54, 1.807) is 29.0 Å². The molecule has 3 aromatic rings. The summed E-state index contributed by atoms with van der Waals surface area (Å²) in [7, 11) is 0. The van der Waals surface area contributed by atoms with Crippen LogP contribution in [0.15, 0.2) is 47.6 Å². The van der Waals surface area contributed by atoms with Crippen LogP contribution >= 0.6 is 11.6 Å². The summed E-state index contributed by atoms with van der Waals surface area (Å²) in [5.74, 6) is -2.08. The number of aryl methyl sites for hydroxylation is 1. The molecule has 9 heteroatoms. The normalized spacial score (nSPS) is 14.6. The van der Waals surface area contributed by atoms with Gasteiger partial charge in [0.25, 0.3) is 5.97 Å². The number of carboxylic acids is 1. The second-order valence-corrected chi connectivity index (χ2v) is 6.86. The van der Waals surface area contributed by atoms with Crippen molar-refractivity contribution in [3.05, 3.63) is 81.9 Å². The number of aliphatic hydroxyl groups is 1. The number of hydrogen-bond donors (Lipinski definition) is 2. The molecule has 0 radical (unpaired) electrons. The Morgan fingerprint density at radius 2 is 1.87 bits per heavy atom. The number of fused-ring (bicyclic) bond motifs is 3. The number of aliphatic imine (C=N–C) groups is 1. The molecule has 0 aliphatic carbocycles. The lowest BCUT2D eigenvalue weighted by Crippen LogP contribution is -2.12. The van der Waals surface area contributed by atoms with E-state index in [0.717, 1.165) is 24.8 Å². The van der Waals surface area contributed by atoms with Crippen LogP contribution in [-0.2, 0) is 11.2 Å². The van der Waals surface area contributed by atoms with E-state index in [9.17, 15) is 13.9 Å². The number of carbonyl (C=O) groups is 1. The fraction of sp³-hybridized carbons (Fsp3) is 0.190. The van der Waals surface area contributed by atoms with Gasteiger partial charge in [-0.3, -0.25) is 9.36 Å². The number of imidazole rings is 1. The van der Waals surface area contributed by atoms with Crippen molar-refractivity contribution in [2.24, 2.45) is 4.99 Å². The summed E-state index contributed by atoms with van der Waals surface area (Å²) in [5, 5.41) is 18.4. The Kier molecular flexibility index (Phi) is 6.28. The van der Waals surface area contributed by atoms with Crippen LogP contribution in [-0.4, -0.2) is 31.4 Å². The highest BCUT2D eigenvalue weighted by atomic mass is 35.5. The van der Waals surface area contributed by atoms with Gasteiger partial charge in [0, 0.05) is 29.4 Å². The van der Waals surface area contributed by atoms with Crippen molar-refractivity contribution in [2.45, 2.75) is 26.5 Å². The zero-order valence-corrected chi connectivity index (χ0v) is 16.9. The van der Waals surface area contributed by atoms with Crippen LogP contribution in [0.2, 0.25) is 5.02 Å². The maximum Gasteiger partial charge on any atom is 0.300 e. The fourth-order valence-corrected chi connectivity index (χ4v) is 3.35. The quantitative estimate of drug-likeness (QED) is 0.630. The van der Waals surface area contributed by atoms with Gasteiger partial charge in [-0.15, -0.1) is 0 Å². The summed E-state index contributed by atoms with van der Waals surface area (Å²) < 4.78 is 30.6. The third-order valence-electron chi connectivity index (χ3n) is 4.36. The predicted octanol–water partition coefficient (Wildman–Crippen LogP) is 4.30. The molecule has 2 N–H and O–H groups in total. The lowest BCUT2D eigenvalue weighted by atomic mass is 9.99. The Labute approximate surface area is 176 Å². The van der Waals surface area contributed by atoms with Crippen LogP contribution in [0.25, 0.3) is 5.69 Å². The van der Waals surface area contributed by atoms with Gasteiger partial charge in [-0.1, -0.05) is 24.6 Å². The Balaban J connectivity index is 0.000000589. The molecule has 1 unspecified atom stereocenters. The molecule has 0 amide bonds. The van der Waals surface area contributed by atoms with E-state index in [-0.39, 0.29) is 17.1 Å². The first-order valence-electron chi connectivity index (χ1n) is 9.01. The lowest BCUT2D eigenvalue weighted by Gasteiger charge is -2.15. The first-order chi connectivity index (χ1) is 14.2. The van der Waals surface area contributed by atoms with Gasteiger partial charge in [-0.05, 0) is 36.8 Å². The molecule has 0 saturated heterocycles. The van der Waals surface area contributed by atoms with Crippen molar-refractivity contribution in [3.8, 4) is 5.69 Å². The van der Waals surface area contributed by atoms with E-state index >= 15 is 0 Å². The molecule has 4 rings (SSSR count). The summed E-state index contributed by atoms with van der Waals surface area (Å²) in [4.78, 5) is 17.4. The zero-order valence-electron chi connectivity index (χ0n) is 16.1. The topological polar surface area (TPSA) is 87.7 Å². The van der Waals surface area contributed by atoms with E-state index in [1.807, 2.05) is 6.92 Å². The second kappa shape index (κ2) is 8.73. The fourth-order valence-electron chi connectivity index (χ4n) is 3.18. The van der Waals surface area contributed by atoms with Crippen molar-refractivity contribution in [1.82, 2.24) is 9.55 Å². The Morgan fingerprint density at radius 1 is 1.23 bits per heavy atom. The van der Waals surface area contributed by atoms with Gasteiger partial charge in [-0.25, -0.2) is 18.8 Å². The highest BCUT2D eigenvalue weighted by molar-refractivity contribution is 6.31. The maximum absolute atomic E-state index is 14.4. The minimum atomic E-state index is -1.37. The summed E-state index contributed by atoms with van der Waals surface area (Å²) in [5.41, 5.74) is 1.56. The molecular weight excluding hydrogens is 416 g/mol. The monoisotopic (exact) mass is 433 g/mol. The van der Waals surface area contributed by atoms with Crippen molar-refractivity contribution in [3.63, 3.8) is 0 Å². The van der Waals surface area contributed by atoms with Crippen LogP contribution in [0, 0.1) is 11.6 Å². The summed E-state index contributed by atoms with van der Waals surface area (Å²) >= 11 is 6.14. The SMILES string of the molecule is CC(=O)O.CCc1cnc2n1-c1ccc(Cl)cc1C(c1c(F)cccc1F)=NC2O. The van der Waals surface area contributed by atoms with Crippen molar-refractivity contribution >= 4 is 23.3 Å². The first-order valence-corrected chi connectivity index (χ1v) is 9.39. The molecule has 0 spiro atoms. The van der Waals surface area contributed by atoms with Crippen LogP contribution in [0.5, 0.6) is 0 Å². The standard InChI is InChI=1S/C19H14ClF2N3O.C2H4O2/c1-2-11-9-23-18-19(26)24-17(16-13(21)4-3-5-14(16)22)12-8-10(20)6-7-15(12)25(11)18;1-2(3)4/h3-9,19,26H,2H2,1H3;1H3,(H,3,4). The minimum Gasteiger partial charge on any atom is -0.481 e. The molecule has 1 aliphatic heterocycles. The van der Waals surface area contributed by atoms with Crippen LogP contribution in [0.4, 0.5) is 8.78 Å². The number of benzene rings is 2. The number of aliphatic carboxylic acids is 1. The van der Waals surface area contributed by atoms with E-state index < -0.39 is 23.8 Å². The van der Waals surface area contributed by atoms with Gasteiger partial charge < -0.3 is 10.2 Å². The highest BCUT2D eigenvalue weighted by Gasteiger charge is 2.29. The molecular formula is C21H18ClF2N3O3. The van der Waals surface area contributed by atoms with E-state index in [4.69, 9.17) is 21.5 Å². The van der Waals surface area contributed by atoms with Gasteiger partial charge >= 0.3 is 0 Å². The number of aromatic nitrogens is 2. The summed E-state index contributed by atoms with van der Waals surface area (Å²) in [6, 6.07) is 8.58. The highest BCUT2D eigenvalue weighted by Crippen LogP contribution is 2.33. The number of nitrogens with zero attached hydrogens (tertiary/aromatic N) is 3. The largest absolute Gasteiger partial charge is 0.481 e. The number of hydrogen-bond acceptors (Lipinski definition) is 4. The average Bonchev–Trinajstić information content (AvgIpc) is 3.06. The van der Waals surface area contributed by atoms with Gasteiger partial charge in [0.2, 0.25) is 6.23 Å². The van der Waals surface area contributed by atoms with Crippen LogP contribution in [0.1, 0.15) is 42.7 Å². The molecule has 0 fully saturated rings. The molecule has 1 aliphatic rings.